The second-order valence-electron chi connectivity index (χ2n) is 2.56. The minimum Gasteiger partial charge on any atom is -0.207 e. The normalized spacial score (nSPS) is 10.7. The molecule has 0 aliphatic carbocycles. The molecule has 0 atom stereocenters. The molecule has 56 valence electrons. The van der Waals surface area contributed by atoms with Crippen molar-refractivity contribution in [1.29, 1.82) is 0 Å². The van der Waals surface area contributed by atoms with Crippen LogP contribution in [0.5, 0.6) is 0 Å². The summed E-state index contributed by atoms with van der Waals surface area (Å²) < 4.78 is 14.1. The Morgan fingerprint density at radius 2 is 2.18 bits per heavy atom. The van der Waals surface area contributed by atoms with Crippen LogP contribution in [0.3, 0.4) is 0 Å². The van der Waals surface area contributed by atoms with Crippen LogP contribution in [0.25, 0.3) is 10.1 Å². The molecule has 1 heterocycles. The monoisotopic (exact) mass is 166 g/mol. The number of aryl methyl sites for hydroxylation is 1. The van der Waals surface area contributed by atoms with E-state index in [1.807, 2.05) is 17.5 Å². The van der Waals surface area contributed by atoms with Gasteiger partial charge < -0.3 is 0 Å². The van der Waals surface area contributed by atoms with E-state index in [-0.39, 0.29) is 5.82 Å². The van der Waals surface area contributed by atoms with Gasteiger partial charge in [0.1, 0.15) is 5.82 Å². The second-order valence-corrected chi connectivity index (χ2v) is 3.51. The molecule has 0 bridgehead atoms. The van der Waals surface area contributed by atoms with E-state index in [1.165, 1.54) is 0 Å². The van der Waals surface area contributed by atoms with E-state index >= 15 is 0 Å². The SMILES string of the molecule is Cc1cc2sccc2cc1F. The van der Waals surface area contributed by atoms with Crippen molar-refractivity contribution in [2.75, 3.05) is 0 Å². The maximum absolute atomic E-state index is 12.9. The molecular weight excluding hydrogens is 159 g/mol. The predicted molar refractivity (Wildman–Crippen MR) is 46.5 cm³/mol. The van der Waals surface area contributed by atoms with Gasteiger partial charge in [0.25, 0.3) is 0 Å². The molecule has 2 aromatic rings. The van der Waals surface area contributed by atoms with Gasteiger partial charge in [-0.15, -0.1) is 11.3 Å². The predicted octanol–water partition coefficient (Wildman–Crippen LogP) is 3.35. The third-order valence-corrected chi connectivity index (χ3v) is 2.61. The minimum atomic E-state index is -0.115. The maximum Gasteiger partial charge on any atom is 0.126 e. The summed E-state index contributed by atoms with van der Waals surface area (Å²) in [5.74, 6) is -0.115. The highest BCUT2D eigenvalue weighted by molar-refractivity contribution is 7.17. The lowest BCUT2D eigenvalue weighted by Crippen LogP contribution is -1.78. The summed E-state index contributed by atoms with van der Waals surface area (Å²) in [5, 5.41) is 2.97. The van der Waals surface area contributed by atoms with Gasteiger partial charge in [0.2, 0.25) is 0 Å². The van der Waals surface area contributed by atoms with Gasteiger partial charge in [-0.3, -0.25) is 0 Å². The van der Waals surface area contributed by atoms with Crippen LogP contribution in [0.15, 0.2) is 23.6 Å². The number of rotatable bonds is 0. The standard InChI is InChI=1S/C9H7FS/c1-6-4-9-7(2-3-11-9)5-8(6)10/h2-5H,1H3. The summed E-state index contributed by atoms with van der Waals surface area (Å²) in [7, 11) is 0. The molecule has 2 rings (SSSR count). The highest BCUT2D eigenvalue weighted by Gasteiger charge is 1.99. The zero-order chi connectivity index (χ0) is 7.84. The Balaban J connectivity index is 2.86. The van der Waals surface area contributed by atoms with Gasteiger partial charge in [0.15, 0.2) is 0 Å². The molecule has 0 N–H and O–H groups in total. The Hall–Kier alpha value is -0.890. The zero-order valence-corrected chi connectivity index (χ0v) is 6.91. The Kier molecular flexibility index (Phi) is 1.43. The van der Waals surface area contributed by atoms with Gasteiger partial charge in [-0.2, -0.15) is 0 Å². The van der Waals surface area contributed by atoms with Crippen molar-refractivity contribution in [3.63, 3.8) is 0 Å². The Morgan fingerprint density at radius 1 is 1.36 bits per heavy atom. The van der Waals surface area contributed by atoms with E-state index in [1.54, 1.807) is 24.3 Å². The smallest absolute Gasteiger partial charge is 0.126 e. The molecule has 2 heteroatoms. The summed E-state index contributed by atoms with van der Waals surface area (Å²) in [6.45, 7) is 1.79. The van der Waals surface area contributed by atoms with Crippen LogP contribution in [0.4, 0.5) is 4.39 Å². The molecule has 1 aromatic heterocycles. The second kappa shape index (κ2) is 2.31. The molecule has 0 radical (unpaired) electrons. The van der Waals surface area contributed by atoms with E-state index in [0.717, 1.165) is 15.6 Å². The van der Waals surface area contributed by atoms with Crippen LogP contribution in [-0.4, -0.2) is 0 Å². The van der Waals surface area contributed by atoms with Crippen molar-refractivity contribution in [1.82, 2.24) is 0 Å². The van der Waals surface area contributed by atoms with Gasteiger partial charge in [-0.05, 0) is 41.5 Å². The molecule has 0 saturated heterocycles. The molecule has 0 nitrogen and oxygen atoms in total. The Labute approximate surface area is 68.3 Å². The first-order valence-corrected chi connectivity index (χ1v) is 4.29. The quantitative estimate of drug-likeness (QED) is 0.563. The average molecular weight is 166 g/mol. The maximum atomic E-state index is 12.9. The number of fused-ring (bicyclic) bond motifs is 1. The lowest BCUT2D eigenvalue weighted by molar-refractivity contribution is 0.620. The largest absolute Gasteiger partial charge is 0.207 e. The fourth-order valence-electron chi connectivity index (χ4n) is 1.08. The number of hydrogen-bond acceptors (Lipinski definition) is 1. The molecule has 0 aliphatic heterocycles. The number of halogens is 1. The van der Waals surface area contributed by atoms with E-state index < -0.39 is 0 Å². The van der Waals surface area contributed by atoms with Crippen LogP contribution in [0.2, 0.25) is 0 Å². The first kappa shape index (κ1) is 6.80. The van der Waals surface area contributed by atoms with Gasteiger partial charge in [-0.25, -0.2) is 4.39 Å². The lowest BCUT2D eigenvalue weighted by Gasteiger charge is -1.94. The average Bonchev–Trinajstić information content (AvgIpc) is 2.36. The molecule has 0 fully saturated rings. The summed E-state index contributed by atoms with van der Waals surface area (Å²) in [4.78, 5) is 0. The third kappa shape index (κ3) is 1.03. The fourth-order valence-corrected chi connectivity index (χ4v) is 1.95. The number of benzene rings is 1. The fraction of sp³-hybridized carbons (Fsp3) is 0.111. The van der Waals surface area contributed by atoms with Crippen molar-refractivity contribution in [3.8, 4) is 0 Å². The van der Waals surface area contributed by atoms with Crippen molar-refractivity contribution < 1.29 is 4.39 Å². The topological polar surface area (TPSA) is 0 Å². The lowest BCUT2D eigenvalue weighted by atomic mass is 10.2. The van der Waals surface area contributed by atoms with Crippen molar-refractivity contribution in [2.24, 2.45) is 0 Å². The molecule has 0 aliphatic rings. The zero-order valence-electron chi connectivity index (χ0n) is 6.10. The molecule has 0 unspecified atom stereocenters. The molecule has 1 aromatic carbocycles. The van der Waals surface area contributed by atoms with Crippen molar-refractivity contribution in [2.45, 2.75) is 6.92 Å². The van der Waals surface area contributed by atoms with Crippen LogP contribution in [0.1, 0.15) is 5.56 Å². The van der Waals surface area contributed by atoms with Crippen molar-refractivity contribution >= 4 is 21.4 Å². The highest BCUT2D eigenvalue weighted by Crippen LogP contribution is 2.23. The highest BCUT2D eigenvalue weighted by atomic mass is 32.1. The van der Waals surface area contributed by atoms with Gasteiger partial charge in [-0.1, -0.05) is 0 Å². The number of thiophene rings is 1. The summed E-state index contributed by atoms with van der Waals surface area (Å²) in [5.41, 5.74) is 0.722. The van der Waals surface area contributed by atoms with Gasteiger partial charge in [0, 0.05) is 4.70 Å². The molecular formula is C9H7FS. The van der Waals surface area contributed by atoms with Crippen LogP contribution >= 0.6 is 11.3 Å². The van der Waals surface area contributed by atoms with Gasteiger partial charge >= 0.3 is 0 Å². The third-order valence-electron chi connectivity index (χ3n) is 1.73. The number of hydrogen-bond donors (Lipinski definition) is 0. The summed E-state index contributed by atoms with van der Waals surface area (Å²) in [6, 6.07) is 5.40. The van der Waals surface area contributed by atoms with E-state index in [0.29, 0.717) is 0 Å². The summed E-state index contributed by atoms with van der Waals surface area (Å²) >= 11 is 1.64. The summed E-state index contributed by atoms with van der Waals surface area (Å²) in [6.07, 6.45) is 0. The molecule has 0 spiro atoms. The minimum absolute atomic E-state index is 0.115. The van der Waals surface area contributed by atoms with E-state index in [4.69, 9.17) is 0 Å². The van der Waals surface area contributed by atoms with E-state index in [2.05, 4.69) is 0 Å². The molecule has 0 amide bonds. The van der Waals surface area contributed by atoms with Crippen LogP contribution in [-0.2, 0) is 0 Å². The molecule has 0 saturated carbocycles. The van der Waals surface area contributed by atoms with Crippen LogP contribution in [0, 0.1) is 12.7 Å². The first-order chi connectivity index (χ1) is 5.27. The van der Waals surface area contributed by atoms with Gasteiger partial charge in [0.05, 0.1) is 0 Å². The first-order valence-electron chi connectivity index (χ1n) is 3.41. The Bertz CT molecular complexity index is 353. The van der Waals surface area contributed by atoms with E-state index in [9.17, 15) is 4.39 Å². The van der Waals surface area contributed by atoms with Crippen LogP contribution < -0.4 is 0 Å². The van der Waals surface area contributed by atoms with Crippen molar-refractivity contribution in [3.05, 3.63) is 35.0 Å². The molecule has 11 heavy (non-hydrogen) atoms. The Morgan fingerprint density at radius 3 is 3.00 bits per heavy atom.